The van der Waals surface area contributed by atoms with Gasteiger partial charge in [0.1, 0.15) is 5.75 Å². The molecule has 0 aliphatic rings. The van der Waals surface area contributed by atoms with E-state index in [2.05, 4.69) is 10.0 Å². The molecule has 8 heteroatoms. The first-order valence-electron chi connectivity index (χ1n) is 7.57. The monoisotopic (exact) mass is 382 g/mol. The molecule has 2 aromatic rings. The maximum Gasteiger partial charge on any atom is 0.262 e. The number of hydrogen-bond donors (Lipinski definition) is 2. The van der Waals surface area contributed by atoms with E-state index in [-0.39, 0.29) is 23.5 Å². The molecule has 0 unspecified atom stereocenters. The summed E-state index contributed by atoms with van der Waals surface area (Å²) >= 11 is 5.85. The number of hydrogen-bond acceptors (Lipinski definition) is 4. The van der Waals surface area contributed by atoms with Crippen LogP contribution < -0.4 is 14.8 Å². The van der Waals surface area contributed by atoms with E-state index < -0.39 is 10.0 Å². The van der Waals surface area contributed by atoms with Crippen molar-refractivity contribution in [1.29, 1.82) is 0 Å². The highest BCUT2D eigenvalue weighted by Crippen LogP contribution is 2.17. The fraction of sp³-hybridized carbons (Fsp3) is 0.235. The first kappa shape index (κ1) is 19.2. The number of anilines is 1. The quantitative estimate of drug-likeness (QED) is 0.770. The van der Waals surface area contributed by atoms with Crippen LogP contribution in [0.3, 0.4) is 0 Å². The Labute approximate surface area is 152 Å². The second kappa shape index (κ2) is 8.33. The molecule has 2 rings (SSSR count). The van der Waals surface area contributed by atoms with Gasteiger partial charge in [-0.05, 0) is 56.3 Å². The zero-order valence-corrected chi connectivity index (χ0v) is 15.4. The third-order valence-electron chi connectivity index (χ3n) is 3.00. The maximum absolute atomic E-state index is 12.0. The average molecular weight is 383 g/mol. The lowest BCUT2D eigenvalue weighted by Crippen LogP contribution is -2.30. The van der Waals surface area contributed by atoms with Crippen LogP contribution in [0, 0.1) is 0 Å². The first-order valence-corrected chi connectivity index (χ1v) is 9.43. The predicted molar refractivity (Wildman–Crippen MR) is 97.5 cm³/mol. The number of ether oxygens (including phenoxy) is 1. The van der Waals surface area contributed by atoms with Gasteiger partial charge < -0.3 is 10.1 Å². The molecule has 0 saturated carbocycles. The third-order valence-corrected chi connectivity index (χ3v) is 4.91. The molecule has 6 nitrogen and oxygen atoms in total. The number of carbonyl (C=O) groups is 1. The Morgan fingerprint density at radius 3 is 2.44 bits per heavy atom. The zero-order valence-electron chi connectivity index (χ0n) is 13.8. The minimum atomic E-state index is -3.55. The van der Waals surface area contributed by atoms with Crippen LogP contribution in [0.15, 0.2) is 53.4 Å². The number of benzene rings is 2. The van der Waals surface area contributed by atoms with Crippen LogP contribution in [0.4, 0.5) is 5.69 Å². The summed E-state index contributed by atoms with van der Waals surface area (Å²) in [7, 11) is -3.55. The summed E-state index contributed by atoms with van der Waals surface area (Å²) < 4.78 is 31.9. The fourth-order valence-corrected chi connectivity index (χ4v) is 3.45. The van der Waals surface area contributed by atoms with Crippen LogP contribution in [0.1, 0.15) is 13.8 Å². The summed E-state index contributed by atoms with van der Waals surface area (Å²) in [5, 5.41) is 3.17. The summed E-state index contributed by atoms with van der Waals surface area (Å²) in [6, 6.07) is 12.4. The van der Waals surface area contributed by atoms with E-state index >= 15 is 0 Å². The molecule has 0 aromatic heterocycles. The van der Waals surface area contributed by atoms with Crippen molar-refractivity contribution >= 4 is 33.2 Å². The molecule has 134 valence electrons. The van der Waals surface area contributed by atoms with Crippen LogP contribution in [0.25, 0.3) is 0 Å². The Morgan fingerprint density at radius 2 is 1.84 bits per heavy atom. The van der Waals surface area contributed by atoms with E-state index in [1.165, 1.54) is 24.3 Å². The number of sulfonamides is 1. The molecule has 0 spiro atoms. The standard InChI is InChI=1S/C17H19ClN2O4S/c1-12(2)20-25(22,23)16-8-6-15(7-9-16)24-11-17(21)19-14-5-3-4-13(18)10-14/h3-10,12,20H,11H2,1-2H3,(H,19,21). The molecule has 0 saturated heterocycles. The molecule has 2 N–H and O–H groups in total. The van der Waals surface area contributed by atoms with Gasteiger partial charge in [0.05, 0.1) is 4.90 Å². The summed E-state index contributed by atoms with van der Waals surface area (Å²) in [4.78, 5) is 12.0. The van der Waals surface area contributed by atoms with Gasteiger partial charge in [0.2, 0.25) is 10.0 Å². The molecule has 2 aromatic carbocycles. The van der Waals surface area contributed by atoms with Crippen molar-refractivity contribution in [3.63, 3.8) is 0 Å². The van der Waals surface area contributed by atoms with Gasteiger partial charge in [-0.3, -0.25) is 4.79 Å². The lowest BCUT2D eigenvalue weighted by atomic mass is 10.3. The average Bonchev–Trinajstić information content (AvgIpc) is 2.52. The Bertz CT molecular complexity index is 836. The molecule has 0 heterocycles. The van der Waals surface area contributed by atoms with E-state index in [1.54, 1.807) is 38.1 Å². The van der Waals surface area contributed by atoms with E-state index in [1.807, 2.05) is 0 Å². The van der Waals surface area contributed by atoms with Crippen LogP contribution in [0.2, 0.25) is 5.02 Å². The van der Waals surface area contributed by atoms with Crippen LogP contribution in [-0.2, 0) is 14.8 Å². The van der Waals surface area contributed by atoms with Gasteiger partial charge in [-0.2, -0.15) is 0 Å². The van der Waals surface area contributed by atoms with Gasteiger partial charge in [-0.25, -0.2) is 13.1 Å². The zero-order chi connectivity index (χ0) is 18.4. The van der Waals surface area contributed by atoms with Crippen molar-refractivity contribution in [2.75, 3.05) is 11.9 Å². The van der Waals surface area contributed by atoms with Gasteiger partial charge in [0, 0.05) is 16.8 Å². The van der Waals surface area contributed by atoms with Crippen LogP contribution >= 0.6 is 11.6 Å². The molecule has 0 aliphatic carbocycles. The van der Waals surface area contributed by atoms with Gasteiger partial charge in [-0.15, -0.1) is 0 Å². The van der Waals surface area contributed by atoms with Gasteiger partial charge in [0.25, 0.3) is 5.91 Å². The van der Waals surface area contributed by atoms with Crippen LogP contribution in [-0.4, -0.2) is 27.0 Å². The minimum absolute atomic E-state index is 0.136. The smallest absolute Gasteiger partial charge is 0.262 e. The predicted octanol–water partition coefficient (Wildman–Crippen LogP) is 3.04. The van der Waals surface area contributed by atoms with Crippen molar-refractivity contribution in [2.45, 2.75) is 24.8 Å². The van der Waals surface area contributed by atoms with Crippen LogP contribution in [0.5, 0.6) is 5.75 Å². The summed E-state index contributed by atoms with van der Waals surface area (Å²) in [6.07, 6.45) is 0. The lowest BCUT2D eigenvalue weighted by Gasteiger charge is -2.11. The molecular weight excluding hydrogens is 364 g/mol. The van der Waals surface area contributed by atoms with E-state index in [0.717, 1.165) is 0 Å². The topological polar surface area (TPSA) is 84.5 Å². The molecule has 0 radical (unpaired) electrons. The number of halogens is 1. The fourth-order valence-electron chi connectivity index (χ4n) is 2.01. The Kier molecular flexibility index (Phi) is 6.41. The second-order valence-electron chi connectivity index (χ2n) is 5.59. The summed E-state index contributed by atoms with van der Waals surface area (Å²) in [6.45, 7) is 3.28. The van der Waals surface area contributed by atoms with Gasteiger partial charge >= 0.3 is 0 Å². The Morgan fingerprint density at radius 1 is 1.16 bits per heavy atom. The first-order chi connectivity index (χ1) is 11.8. The van der Waals surface area contributed by atoms with Crippen molar-refractivity contribution in [3.05, 3.63) is 53.6 Å². The molecule has 0 fully saturated rings. The highest BCUT2D eigenvalue weighted by molar-refractivity contribution is 7.89. The van der Waals surface area contributed by atoms with Crippen molar-refractivity contribution in [3.8, 4) is 5.75 Å². The van der Waals surface area contributed by atoms with E-state index in [9.17, 15) is 13.2 Å². The number of rotatable bonds is 7. The molecule has 25 heavy (non-hydrogen) atoms. The van der Waals surface area contributed by atoms with Gasteiger partial charge in [-0.1, -0.05) is 17.7 Å². The Balaban J connectivity index is 1.92. The molecule has 0 bridgehead atoms. The van der Waals surface area contributed by atoms with E-state index in [4.69, 9.17) is 16.3 Å². The molecular formula is C17H19ClN2O4S. The molecule has 1 amide bonds. The second-order valence-corrected chi connectivity index (χ2v) is 7.75. The lowest BCUT2D eigenvalue weighted by molar-refractivity contribution is -0.118. The molecule has 0 atom stereocenters. The van der Waals surface area contributed by atoms with Crippen molar-refractivity contribution in [1.82, 2.24) is 4.72 Å². The normalized spacial score (nSPS) is 11.4. The van der Waals surface area contributed by atoms with Crippen molar-refractivity contribution < 1.29 is 17.9 Å². The Hall–Kier alpha value is -2.09. The third kappa shape index (κ3) is 6.04. The summed E-state index contributed by atoms with van der Waals surface area (Å²) in [5.74, 6) is 0.0465. The SMILES string of the molecule is CC(C)NS(=O)(=O)c1ccc(OCC(=O)Nc2cccc(Cl)c2)cc1. The maximum atomic E-state index is 12.0. The number of nitrogens with one attached hydrogen (secondary N) is 2. The van der Waals surface area contributed by atoms with Gasteiger partial charge in [0.15, 0.2) is 6.61 Å². The van der Waals surface area contributed by atoms with Crippen molar-refractivity contribution in [2.24, 2.45) is 0 Å². The number of carbonyl (C=O) groups excluding carboxylic acids is 1. The minimum Gasteiger partial charge on any atom is -0.484 e. The largest absolute Gasteiger partial charge is 0.484 e. The highest BCUT2D eigenvalue weighted by atomic mass is 35.5. The number of amides is 1. The summed E-state index contributed by atoms with van der Waals surface area (Å²) in [5.41, 5.74) is 0.572. The van der Waals surface area contributed by atoms with E-state index in [0.29, 0.717) is 16.5 Å². The molecule has 0 aliphatic heterocycles. The highest BCUT2D eigenvalue weighted by Gasteiger charge is 2.15.